The summed E-state index contributed by atoms with van der Waals surface area (Å²) in [5.74, 6) is -1.82. The van der Waals surface area contributed by atoms with Gasteiger partial charge in [-0.1, -0.05) is 26.3 Å². The highest BCUT2D eigenvalue weighted by Gasteiger charge is 2.17. The SMILES string of the molecule is C=CCC(N)C(=O)O.CC[C@@H](C)[C@H](N)C(=O)O. The quantitative estimate of drug-likeness (QED) is 0.503. The minimum Gasteiger partial charge on any atom is -0.480 e. The summed E-state index contributed by atoms with van der Waals surface area (Å²) in [5, 5.41) is 16.5. The van der Waals surface area contributed by atoms with E-state index in [1.54, 1.807) is 0 Å². The molecule has 0 spiro atoms. The van der Waals surface area contributed by atoms with E-state index in [0.717, 1.165) is 6.42 Å². The number of hydrogen-bond donors (Lipinski definition) is 4. The lowest BCUT2D eigenvalue weighted by Gasteiger charge is -2.11. The van der Waals surface area contributed by atoms with Crippen LogP contribution >= 0.6 is 0 Å². The second kappa shape index (κ2) is 9.80. The van der Waals surface area contributed by atoms with Gasteiger partial charge in [-0.05, 0) is 12.3 Å². The first-order valence-electron chi connectivity index (χ1n) is 5.35. The molecule has 0 amide bonds. The Balaban J connectivity index is 0. The highest BCUT2D eigenvalue weighted by Crippen LogP contribution is 2.04. The molecule has 100 valence electrons. The Kier molecular flexibility index (Phi) is 10.4. The maximum absolute atomic E-state index is 10.2. The van der Waals surface area contributed by atoms with Gasteiger partial charge in [0.25, 0.3) is 0 Å². The smallest absolute Gasteiger partial charge is 0.320 e. The molecule has 0 aliphatic rings. The zero-order chi connectivity index (χ0) is 14.0. The summed E-state index contributed by atoms with van der Waals surface area (Å²) in [5.41, 5.74) is 10.3. The largest absolute Gasteiger partial charge is 0.480 e. The van der Waals surface area contributed by atoms with Gasteiger partial charge in [-0.3, -0.25) is 9.59 Å². The fourth-order valence-corrected chi connectivity index (χ4v) is 0.778. The molecular weight excluding hydrogens is 224 g/mol. The molecule has 17 heavy (non-hydrogen) atoms. The summed E-state index contributed by atoms with van der Waals surface area (Å²) in [6.07, 6.45) is 2.63. The minimum absolute atomic E-state index is 0.0718. The number of nitrogens with two attached hydrogens (primary N) is 2. The second-order valence-corrected chi connectivity index (χ2v) is 3.72. The van der Waals surface area contributed by atoms with Gasteiger partial charge in [0, 0.05) is 0 Å². The van der Waals surface area contributed by atoms with E-state index in [2.05, 4.69) is 6.58 Å². The number of carboxylic acids is 2. The molecule has 6 heteroatoms. The normalized spacial score (nSPS) is 14.8. The first kappa shape index (κ1) is 18.0. The van der Waals surface area contributed by atoms with Crippen molar-refractivity contribution in [3.05, 3.63) is 12.7 Å². The van der Waals surface area contributed by atoms with Crippen LogP contribution in [-0.4, -0.2) is 34.2 Å². The molecule has 0 rings (SSSR count). The summed E-state index contributed by atoms with van der Waals surface area (Å²) in [4.78, 5) is 20.1. The van der Waals surface area contributed by atoms with Crippen molar-refractivity contribution in [1.29, 1.82) is 0 Å². The molecule has 0 aromatic carbocycles. The summed E-state index contributed by atoms with van der Waals surface area (Å²) >= 11 is 0. The van der Waals surface area contributed by atoms with Gasteiger partial charge >= 0.3 is 11.9 Å². The van der Waals surface area contributed by atoms with Gasteiger partial charge in [0.15, 0.2) is 0 Å². The van der Waals surface area contributed by atoms with Crippen LogP contribution < -0.4 is 11.5 Å². The maximum atomic E-state index is 10.2. The van der Waals surface area contributed by atoms with Gasteiger partial charge in [0.1, 0.15) is 12.1 Å². The van der Waals surface area contributed by atoms with Gasteiger partial charge in [-0.25, -0.2) is 0 Å². The summed E-state index contributed by atoms with van der Waals surface area (Å²) in [6.45, 7) is 7.10. The molecule has 6 nitrogen and oxygen atoms in total. The van der Waals surface area contributed by atoms with Crippen molar-refractivity contribution >= 4 is 11.9 Å². The van der Waals surface area contributed by atoms with E-state index in [0.29, 0.717) is 6.42 Å². The van der Waals surface area contributed by atoms with Crippen LogP contribution in [0.15, 0.2) is 12.7 Å². The average molecular weight is 246 g/mol. The first-order valence-corrected chi connectivity index (χ1v) is 5.35. The predicted molar refractivity (Wildman–Crippen MR) is 65.5 cm³/mol. The number of rotatable bonds is 6. The molecule has 1 unspecified atom stereocenters. The fourth-order valence-electron chi connectivity index (χ4n) is 0.778. The third-order valence-corrected chi connectivity index (χ3v) is 2.28. The van der Waals surface area contributed by atoms with Gasteiger partial charge in [-0.2, -0.15) is 0 Å². The highest BCUT2D eigenvalue weighted by atomic mass is 16.4. The number of aliphatic carboxylic acids is 2. The number of carboxylic acid groups (broad SMARTS) is 2. The van der Waals surface area contributed by atoms with Gasteiger partial charge in [0.05, 0.1) is 0 Å². The Morgan fingerprint density at radius 3 is 1.88 bits per heavy atom. The molecule has 0 aromatic heterocycles. The standard InChI is InChI=1S/C6H13NO2.C5H9NO2/c1-3-4(2)5(7)6(8)9;1-2-3-4(6)5(7)8/h4-5H,3,7H2,1-2H3,(H,8,9);2,4H,1,3,6H2,(H,7,8)/t4-,5+;/m1./s1. The van der Waals surface area contributed by atoms with Crippen molar-refractivity contribution in [2.24, 2.45) is 17.4 Å². The Morgan fingerprint density at radius 2 is 1.76 bits per heavy atom. The average Bonchev–Trinajstić information content (AvgIpc) is 2.27. The van der Waals surface area contributed by atoms with Gasteiger partial charge in [0.2, 0.25) is 0 Å². The van der Waals surface area contributed by atoms with Crippen molar-refractivity contribution in [2.45, 2.75) is 38.8 Å². The van der Waals surface area contributed by atoms with Crippen LogP contribution in [0.2, 0.25) is 0 Å². The molecule has 0 heterocycles. The number of hydrogen-bond acceptors (Lipinski definition) is 4. The van der Waals surface area contributed by atoms with E-state index in [1.165, 1.54) is 6.08 Å². The predicted octanol–water partition coefficient (Wildman–Crippen LogP) is 0.419. The topological polar surface area (TPSA) is 127 Å². The molecule has 0 aliphatic carbocycles. The zero-order valence-corrected chi connectivity index (χ0v) is 10.3. The van der Waals surface area contributed by atoms with E-state index >= 15 is 0 Å². The molecule has 0 aliphatic heterocycles. The summed E-state index contributed by atoms with van der Waals surface area (Å²) in [7, 11) is 0. The van der Waals surface area contributed by atoms with Crippen LogP contribution in [0.25, 0.3) is 0 Å². The van der Waals surface area contributed by atoms with Crippen LogP contribution in [0.3, 0.4) is 0 Å². The Morgan fingerprint density at radius 1 is 1.29 bits per heavy atom. The molecular formula is C11H22N2O4. The van der Waals surface area contributed by atoms with Crippen LogP contribution in [0.5, 0.6) is 0 Å². The van der Waals surface area contributed by atoms with Gasteiger partial charge < -0.3 is 21.7 Å². The third kappa shape index (κ3) is 9.52. The highest BCUT2D eigenvalue weighted by molar-refractivity contribution is 5.73. The molecule has 0 saturated heterocycles. The van der Waals surface area contributed by atoms with Crippen molar-refractivity contribution in [2.75, 3.05) is 0 Å². The van der Waals surface area contributed by atoms with Crippen LogP contribution in [-0.2, 0) is 9.59 Å². The van der Waals surface area contributed by atoms with E-state index in [9.17, 15) is 9.59 Å². The summed E-state index contributed by atoms with van der Waals surface area (Å²) in [6, 6.07) is -1.48. The van der Waals surface area contributed by atoms with Crippen LogP contribution in [0.1, 0.15) is 26.7 Å². The molecule has 6 N–H and O–H groups in total. The Labute approximate surface area is 101 Å². The van der Waals surface area contributed by atoms with E-state index in [4.69, 9.17) is 21.7 Å². The molecule has 0 bridgehead atoms. The second-order valence-electron chi connectivity index (χ2n) is 3.72. The van der Waals surface area contributed by atoms with Crippen molar-refractivity contribution in [1.82, 2.24) is 0 Å². The maximum Gasteiger partial charge on any atom is 0.320 e. The van der Waals surface area contributed by atoms with E-state index in [-0.39, 0.29) is 5.92 Å². The lowest BCUT2D eigenvalue weighted by Crippen LogP contribution is -2.36. The van der Waals surface area contributed by atoms with Crippen LogP contribution in [0, 0.1) is 5.92 Å². The summed E-state index contributed by atoms with van der Waals surface area (Å²) < 4.78 is 0. The monoisotopic (exact) mass is 246 g/mol. The van der Waals surface area contributed by atoms with E-state index < -0.39 is 24.0 Å². The molecule has 0 saturated carbocycles. The third-order valence-electron chi connectivity index (χ3n) is 2.28. The minimum atomic E-state index is -0.982. The molecule has 0 aromatic rings. The van der Waals surface area contributed by atoms with Crippen molar-refractivity contribution < 1.29 is 19.8 Å². The van der Waals surface area contributed by atoms with Gasteiger partial charge in [-0.15, -0.1) is 6.58 Å². The zero-order valence-electron chi connectivity index (χ0n) is 10.3. The van der Waals surface area contributed by atoms with E-state index in [1.807, 2.05) is 13.8 Å². The van der Waals surface area contributed by atoms with Crippen LogP contribution in [0.4, 0.5) is 0 Å². The van der Waals surface area contributed by atoms with Crippen molar-refractivity contribution in [3.8, 4) is 0 Å². The molecule has 0 radical (unpaired) electrons. The lowest BCUT2D eigenvalue weighted by molar-refractivity contribution is -0.140. The first-order chi connectivity index (χ1) is 7.77. The molecule has 0 fully saturated rings. The van der Waals surface area contributed by atoms with Crippen molar-refractivity contribution in [3.63, 3.8) is 0 Å². The number of carbonyl (C=O) groups is 2. The fraction of sp³-hybridized carbons (Fsp3) is 0.636. The Bertz CT molecular complexity index is 256. The molecule has 3 atom stereocenters. The lowest BCUT2D eigenvalue weighted by atomic mass is 10.0. The Hall–Kier alpha value is -1.40.